The fourth-order valence-electron chi connectivity index (χ4n) is 3.55. The second-order valence-electron chi connectivity index (χ2n) is 7.24. The SMILES string of the molecule is CCC(=O)N(NC(=O)c1cc(OC)c(OC)c(OC)c1)C1CC(=O)N(c2ccc(F)cc2)C1=O. The third-order valence-electron chi connectivity index (χ3n) is 5.24. The second-order valence-corrected chi connectivity index (χ2v) is 7.24. The van der Waals surface area contributed by atoms with E-state index in [4.69, 9.17) is 14.2 Å². The van der Waals surface area contributed by atoms with E-state index < -0.39 is 35.5 Å². The number of hydrogen-bond acceptors (Lipinski definition) is 7. The molecule has 0 saturated carbocycles. The zero-order chi connectivity index (χ0) is 25.0. The van der Waals surface area contributed by atoms with Crippen molar-refractivity contribution in [2.24, 2.45) is 0 Å². The van der Waals surface area contributed by atoms with E-state index in [-0.39, 0.29) is 41.3 Å². The Kier molecular flexibility index (Phi) is 7.34. The molecule has 1 unspecified atom stereocenters. The second kappa shape index (κ2) is 10.2. The first-order valence-corrected chi connectivity index (χ1v) is 10.3. The summed E-state index contributed by atoms with van der Waals surface area (Å²) in [5, 5.41) is 0.856. The van der Waals surface area contributed by atoms with Gasteiger partial charge in [-0.1, -0.05) is 6.92 Å². The number of carbonyl (C=O) groups excluding carboxylic acids is 4. The lowest BCUT2D eigenvalue weighted by Gasteiger charge is -2.27. The van der Waals surface area contributed by atoms with Crippen LogP contribution in [0.25, 0.3) is 0 Å². The molecule has 1 fully saturated rings. The molecule has 0 radical (unpaired) electrons. The molecule has 4 amide bonds. The topological polar surface area (TPSA) is 114 Å². The summed E-state index contributed by atoms with van der Waals surface area (Å²) in [6.07, 6.45) is -0.387. The summed E-state index contributed by atoms with van der Waals surface area (Å²) in [5.74, 6) is -2.44. The molecule has 1 atom stereocenters. The van der Waals surface area contributed by atoms with Gasteiger partial charge in [0, 0.05) is 12.0 Å². The monoisotopic (exact) mass is 473 g/mol. The summed E-state index contributed by atoms with van der Waals surface area (Å²) in [4.78, 5) is 52.2. The lowest BCUT2D eigenvalue weighted by atomic mass is 10.1. The molecule has 0 bridgehead atoms. The van der Waals surface area contributed by atoms with Gasteiger partial charge in [0.25, 0.3) is 11.8 Å². The van der Waals surface area contributed by atoms with E-state index >= 15 is 0 Å². The quantitative estimate of drug-likeness (QED) is 0.484. The molecular formula is C23H24FN3O7. The Bertz CT molecular complexity index is 1100. The van der Waals surface area contributed by atoms with Crippen molar-refractivity contribution in [3.8, 4) is 17.2 Å². The van der Waals surface area contributed by atoms with Crippen molar-refractivity contribution in [2.75, 3.05) is 26.2 Å². The maximum Gasteiger partial charge on any atom is 0.270 e. The van der Waals surface area contributed by atoms with Gasteiger partial charge in [0.05, 0.1) is 33.4 Å². The molecule has 0 aliphatic carbocycles. The number of hydrogen-bond donors (Lipinski definition) is 1. The van der Waals surface area contributed by atoms with Gasteiger partial charge in [-0.15, -0.1) is 0 Å². The predicted octanol–water partition coefficient (Wildman–Crippen LogP) is 2.07. The van der Waals surface area contributed by atoms with Crippen LogP contribution in [0.2, 0.25) is 0 Å². The molecule has 2 aromatic carbocycles. The number of rotatable bonds is 7. The highest BCUT2D eigenvalue weighted by atomic mass is 19.1. The summed E-state index contributed by atoms with van der Waals surface area (Å²) in [6, 6.07) is 6.31. The number of nitrogens with zero attached hydrogens (tertiary/aromatic N) is 2. The Labute approximate surface area is 195 Å². The van der Waals surface area contributed by atoms with E-state index in [0.29, 0.717) is 0 Å². The van der Waals surface area contributed by atoms with Crippen molar-refractivity contribution in [3.05, 3.63) is 47.8 Å². The molecule has 1 saturated heterocycles. The van der Waals surface area contributed by atoms with Crippen molar-refractivity contribution in [1.29, 1.82) is 0 Å². The standard InChI is InChI=1S/C23H24FN3O7/c1-5-19(28)27(16-12-20(29)26(23(16)31)15-8-6-14(24)7-9-15)25-22(30)13-10-17(32-2)21(34-4)18(11-13)33-3/h6-11,16H,5,12H2,1-4H3,(H,25,30). The molecule has 10 nitrogen and oxygen atoms in total. The van der Waals surface area contributed by atoms with Crippen LogP contribution in [0.3, 0.4) is 0 Å². The Hall–Kier alpha value is -4.15. The van der Waals surface area contributed by atoms with Gasteiger partial charge in [-0.25, -0.2) is 14.3 Å². The number of halogens is 1. The number of anilines is 1. The summed E-state index contributed by atoms with van der Waals surface area (Å²) in [6.45, 7) is 1.56. The van der Waals surface area contributed by atoms with Crippen LogP contribution in [0.1, 0.15) is 30.1 Å². The van der Waals surface area contributed by atoms with Crippen molar-refractivity contribution >= 4 is 29.3 Å². The number of carbonyl (C=O) groups is 4. The van der Waals surface area contributed by atoms with Gasteiger partial charge in [0.1, 0.15) is 11.9 Å². The highest BCUT2D eigenvalue weighted by Gasteiger charge is 2.45. The number of hydrazine groups is 1. The fourth-order valence-corrected chi connectivity index (χ4v) is 3.55. The molecule has 11 heteroatoms. The number of nitrogens with one attached hydrogen (secondary N) is 1. The lowest BCUT2D eigenvalue weighted by molar-refractivity contribution is -0.140. The van der Waals surface area contributed by atoms with Gasteiger partial charge in [-0.05, 0) is 36.4 Å². The fraction of sp³-hybridized carbons (Fsp3) is 0.304. The Balaban J connectivity index is 1.91. The molecule has 1 aliphatic rings. The summed E-state index contributed by atoms with van der Waals surface area (Å²) < 4.78 is 29.0. The number of imide groups is 1. The lowest BCUT2D eigenvalue weighted by Crippen LogP contribution is -2.54. The van der Waals surface area contributed by atoms with Gasteiger partial charge >= 0.3 is 0 Å². The maximum atomic E-state index is 13.3. The van der Waals surface area contributed by atoms with E-state index in [1.165, 1.54) is 45.6 Å². The summed E-state index contributed by atoms with van der Waals surface area (Å²) in [5.41, 5.74) is 2.66. The largest absolute Gasteiger partial charge is 0.493 e. The van der Waals surface area contributed by atoms with E-state index in [1.54, 1.807) is 6.92 Å². The number of amides is 4. The Morgan fingerprint density at radius 3 is 2.15 bits per heavy atom. The van der Waals surface area contributed by atoms with E-state index in [9.17, 15) is 23.6 Å². The zero-order valence-corrected chi connectivity index (χ0v) is 19.1. The van der Waals surface area contributed by atoms with Crippen molar-refractivity contribution in [3.63, 3.8) is 0 Å². The first-order chi connectivity index (χ1) is 16.2. The van der Waals surface area contributed by atoms with E-state index in [0.717, 1.165) is 22.0 Å². The first kappa shape index (κ1) is 24.5. The third-order valence-corrected chi connectivity index (χ3v) is 5.24. The molecule has 34 heavy (non-hydrogen) atoms. The summed E-state index contributed by atoms with van der Waals surface area (Å²) in [7, 11) is 4.19. The average Bonchev–Trinajstić information content (AvgIpc) is 3.14. The third kappa shape index (κ3) is 4.63. The van der Waals surface area contributed by atoms with E-state index in [1.807, 2.05) is 0 Å². The average molecular weight is 473 g/mol. The number of ether oxygens (including phenoxy) is 3. The van der Waals surface area contributed by atoms with Crippen molar-refractivity contribution < 1.29 is 37.8 Å². The summed E-state index contributed by atoms with van der Waals surface area (Å²) >= 11 is 0. The molecule has 3 rings (SSSR count). The van der Waals surface area contributed by atoms with Crippen LogP contribution in [0.4, 0.5) is 10.1 Å². The van der Waals surface area contributed by atoms with Gasteiger partial charge in [-0.2, -0.15) is 0 Å². The van der Waals surface area contributed by atoms with Gasteiger partial charge in [0.15, 0.2) is 11.5 Å². The van der Waals surface area contributed by atoms with Crippen molar-refractivity contribution in [2.45, 2.75) is 25.8 Å². The smallest absolute Gasteiger partial charge is 0.270 e. The molecule has 1 N–H and O–H groups in total. The number of methoxy groups -OCH3 is 3. The number of benzene rings is 2. The normalized spacial score (nSPS) is 15.2. The van der Waals surface area contributed by atoms with Crippen LogP contribution in [0, 0.1) is 5.82 Å². The Morgan fingerprint density at radius 2 is 1.65 bits per heavy atom. The molecule has 0 spiro atoms. The van der Waals surface area contributed by atoms with Crippen LogP contribution < -0.4 is 24.5 Å². The highest BCUT2D eigenvalue weighted by Crippen LogP contribution is 2.38. The Morgan fingerprint density at radius 1 is 1.06 bits per heavy atom. The van der Waals surface area contributed by atoms with Crippen LogP contribution in [-0.2, 0) is 14.4 Å². The van der Waals surface area contributed by atoms with E-state index in [2.05, 4.69) is 5.43 Å². The van der Waals surface area contributed by atoms with Crippen molar-refractivity contribution in [1.82, 2.24) is 10.4 Å². The van der Waals surface area contributed by atoms with Crippen LogP contribution in [0.5, 0.6) is 17.2 Å². The molecule has 2 aromatic rings. The van der Waals surface area contributed by atoms with Crippen LogP contribution in [0.15, 0.2) is 36.4 Å². The molecular weight excluding hydrogens is 449 g/mol. The van der Waals surface area contributed by atoms with Gasteiger partial charge < -0.3 is 14.2 Å². The first-order valence-electron chi connectivity index (χ1n) is 10.3. The minimum Gasteiger partial charge on any atom is -0.493 e. The van der Waals surface area contributed by atoms with Gasteiger partial charge in [0.2, 0.25) is 17.6 Å². The van der Waals surface area contributed by atoms with Crippen LogP contribution in [-0.4, -0.2) is 56.0 Å². The van der Waals surface area contributed by atoms with Gasteiger partial charge in [-0.3, -0.25) is 24.6 Å². The molecule has 1 aliphatic heterocycles. The zero-order valence-electron chi connectivity index (χ0n) is 19.1. The molecule has 1 heterocycles. The predicted molar refractivity (Wildman–Crippen MR) is 118 cm³/mol. The van der Waals surface area contributed by atoms with Crippen LogP contribution >= 0.6 is 0 Å². The molecule has 0 aromatic heterocycles. The minimum absolute atomic E-state index is 0.0376. The highest BCUT2D eigenvalue weighted by molar-refractivity contribution is 6.23. The maximum absolute atomic E-state index is 13.3. The minimum atomic E-state index is -1.27. The molecule has 180 valence electrons.